The molecule has 0 unspecified atom stereocenters. The Morgan fingerprint density at radius 2 is 1.74 bits per heavy atom. The molecule has 0 aliphatic heterocycles. The van der Waals surface area contributed by atoms with E-state index in [1.165, 1.54) is 0 Å². The molecule has 1 aromatic carbocycles. The van der Waals surface area contributed by atoms with Crippen LogP contribution in [0.2, 0.25) is 0 Å². The molecular formula is C10H4F5N3O. The number of halogens is 5. The van der Waals surface area contributed by atoms with Crippen LogP contribution in [0.5, 0.6) is 0 Å². The average Bonchev–Trinajstić information content (AvgIpc) is 2.75. The van der Waals surface area contributed by atoms with Gasteiger partial charge in [-0.1, -0.05) is 11.3 Å². The van der Waals surface area contributed by atoms with Crippen molar-refractivity contribution in [1.29, 1.82) is 0 Å². The monoisotopic (exact) mass is 277 g/mol. The third-order valence-electron chi connectivity index (χ3n) is 2.15. The van der Waals surface area contributed by atoms with Gasteiger partial charge >= 0.3 is 6.18 Å². The molecule has 0 bridgehead atoms. The van der Waals surface area contributed by atoms with Crippen LogP contribution in [-0.4, -0.2) is 27.0 Å². The van der Waals surface area contributed by atoms with Gasteiger partial charge in [-0.05, 0) is 12.1 Å². The first-order chi connectivity index (χ1) is 8.80. The number of hydrogen-bond donors (Lipinski definition) is 0. The predicted molar refractivity (Wildman–Crippen MR) is 51.7 cm³/mol. The van der Waals surface area contributed by atoms with Crippen LogP contribution in [0, 0.1) is 11.6 Å². The first-order valence-corrected chi connectivity index (χ1v) is 4.79. The van der Waals surface area contributed by atoms with Gasteiger partial charge in [0.1, 0.15) is 5.69 Å². The number of benzene rings is 1. The Morgan fingerprint density at radius 3 is 2.26 bits per heavy atom. The Morgan fingerprint density at radius 1 is 1.16 bits per heavy atom. The second-order valence-corrected chi connectivity index (χ2v) is 3.45. The zero-order valence-electron chi connectivity index (χ0n) is 8.95. The van der Waals surface area contributed by atoms with E-state index < -0.39 is 35.0 Å². The van der Waals surface area contributed by atoms with E-state index in [9.17, 15) is 26.7 Å². The van der Waals surface area contributed by atoms with Crippen LogP contribution >= 0.6 is 0 Å². The number of aromatic nitrogens is 3. The summed E-state index contributed by atoms with van der Waals surface area (Å²) < 4.78 is 63.5. The highest BCUT2D eigenvalue weighted by atomic mass is 19.4. The van der Waals surface area contributed by atoms with Gasteiger partial charge in [0.15, 0.2) is 17.3 Å². The van der Waals surface area contributed by atoms with E-state index in [2.05, 4.69) is 10.3 Å². The van der Waals surface area contributed by atoms with Crippen molar-refractivity contribution < 1.29 is 26.7 Å². The number of para-hydroxylation sites is 1. The van der Waals surface area contributed by atoms with E-state index in [1.807, 2.05) is 0 Å². The molecule has 0 saturated heterocycles. The number of nitrogens with zero attached hydrogens (tertiary/aromatic N) is 3. The minimum absolute atomic E-state index is 0.434. The lowest BCUT2D eigenvalue weighted by Gasteiger charge is -2.03. The zero-order valence-corrected chi connectivity index (χ0v) is 8.95. The highest BCUT2D eigenvalue weighted by Crippen LogP contribution is 2.21. The minimum atomic E-state index is -5.13. The Hall–Kier alpha value is -2.32. The molecule has 0 atom stereocenters. The highest BCUT2D eigenvalue weighted by Gasteiger charge is 2.41. The van der Waals surface area contributed by atoms with Crippen molar-refractivity contribution in [2.24, 2.45) is 0 Å². The van der Waals surface area contributed by atoms with Crippen molar-refractivity contribution in [2.75, 3.05) is 0 Å². The molecule has 0 saturated carbocycles. The number of Topliss-reactive ketones (excluding diaryl/α,β-unsaturated/α-hetero) is 1. The summed E-state index contributed by atoms with van der Waals surface area (Å²) >= 11 is 0. The fourth-order valence-corrected chi connectivity index (χ4v) is 1.33. The SMILES string of the molecule is O=C(c1cn(-c2c(F)cccc2F)nn1)C(F)(F)F. The first kappa shape index (κ1) is 13.1. The van der Waals surface area contributed by atoms with E-state index >= 15 is 0 Å². The number of carbonyl (C=O) groups excluding carboxylic acids is 1. The molecule has 0 fully saturated rings. The van der Waals surface area contributed by atoms with Gasteiger partial charge in [-0.15, -0.1) is 5.10 Å². The molecule has 1 heterocycles. The van der Waals surface area contributed by atoms with Crippen molar-refractivity contribution in [1.82, 2.24) is 15.0 Å². The summed E-state index contributed by atoms with van der Waals surface area (Å²) in [7, 11) is 0. The average molecular weight is 277 g/mol. The molecule has 0 N–H and O–H groups in total. The van der Waals surface area contributed by atoms with Crippen molar-refractivity contribution in [3.63, 3.8) is 0 Å². The van der Waals surface area contributed by atoms with Crippen LogP contribution in [0.4, 0.5) is 22.0 Å². The van der Waals surface area contributed by atoms with Crippen LogP contribution in [0.3, 0.4) is 0 Å². The van der Waals surface area contributed by atoms with Gasteiger partial charge in [0, 0.05) is 0 Å². The Balaban J connectivity index is 2.45. The second-order valence-electron chi connectivity index (χ2n) is 3.45. The Bertz CT molecular complexity index is 614. The summed E-state index contributed by atoms with van der Waals surface area (Å²) in [5, 5.41) is 6.06. The molecule has 0 amide bonds. The Labute approximate surface area is 102 Å². The lowest BCUT2D eigenvalue weighted by Crippen LogP contribution is -2.23. The van der Waals surface area contributed by atoms with Gasteiger partial charge in [0.2, 0.25) is 0 Å². The molecule has 0 spiro atoms. The number of ketones is 1. The van der Waals surface area contributed by atoms with Gasteiger partial charge in [-0.25, -0.2) is 13.5 Å². The van der Waals surface area contributed by atoms with Crippen LogP contribution in [-0.2, 0) is 0 Å². The van der Waals surface area contributed by atoms with Crippen molar-refractivity contribution in [2.45, 2.75) is 6.18 Å². The maximum absolute atomic E-state index is 13.3. The molecule has 19 heavy (non-hydrogen) atoms. The van der Waals surface area contributed by atoms with Crippen molar-refractivity contribution in [3.05, 3.63) is 41.7 Å². The van der Waals surface area contributed by atoms with E-state index in [1.54, 1.807) is 0 Å². The summed E-state index contributed by atoms with van der Waals surface area (Å²) in [5.41, 5.74) is -1.76. The molecule has 0 aliphatic carbocycles. The minimum Gasteiger partial charge on any atom is -0.282 e. The van der Waals surface area contributed by atoms with E-state index in [4.69, 9.17) is 0 Å². The zero-order chi connectivity index (χ0) is 14.2. The number of hydrogen-bond acceptors (Lipinski definition) is 3. The molecular weight excluding hydrogens is 273 g/mol. The van der Waals surface area contributed by atoms with E-state index in [0.717, 1.165) is 18.2 Å². The fourth-order valence-electron chi connectivity index (χ4n) is 1.33. The topological polar surface area (TPSA) is 47.8 Å². The highest BCUT2D eigenvalue weighted by molar-refractivity contribution is 5.98. The molecule has 4 nitrogen and oxygen atoms in total. The third kappa shape index (κ3) is 2.44. The normalized spacial score (nSPS) is 11.6. The van der Waals surface area contributed by atoms with Gasteiger partial charge in [0.05, 0.1) is 6.20 Å². The summed E-state index contributed by atoms with van der Waals surface area (Å²) in [6.07, 6.45) is -4.62. The summed E-state index contributed by atoms with van der Waals surface area (Å²) in [6.45, 7) is 0. The predicted octanol–water partition coefficient (Wildman–Crippen LogP) is 2.29. The maximum Gasteiger partial charge on any atom is 0.456 e. The number of carbonyl (C=O) groups is 1. The van der Waals surface area contributed by atoms with E-state index in [0.29, 0.717) is 10.9 Å². The number of alkyl halides is 3. The Kier molecular flexibility index (Phi) is 3.05. The van der Waals surface area contributed by atoms with Crippen LogP contribution < -0.4 is 0 Å². The van der Waals surface area contributed by atoms with Gasteiger partial charge in [-0.2, -0.15) is 13.2 Å². The fraction of sp³-hybridized carbons (Fsp3) is 0.100. The second kappa shape index (κ2) is 4.41. The molecule has 100 valence electrons. The summed E-state index contributed by atoms with van der Waals surface area (Å²) in [6, 6.07) is 2.86. The number of rotatable bonds is 2. The molecule has 0 aliphatic rings. The van der Waals surface area contributed by atoms with E-state index in [-0.39, 0.29) is 0 Å². The van der Waals surface area contributed by atoms with Crippen LogP contribution in [0.1, 0.15) is 10.5 Å². The molecule has 1 aromatic heterocycles. The summed E-state index contributed by atoms with van der Waals surface area (Å²) in [5.74, 6) is -4.33. The molecule has 0 radical (unpaired) electrons. The lowest BCUT2D eigenvalue weighted by atomic mass is 10.3. The summed E-state index contributed by atoms with van der Waals surface area (Å²) in [4.78, 5) is 10.9. The van der Waals surface area contributed by atoms with Crippen LogP contribution in [0.15, 0.2) is 24.4 Å². The van der Waals surface area contributed by atoms with Gasteiger partial charge in [-0.3, -0.25) is 4.79 Å². The van der Waals surface area contributed by atoms with Crippen molar-refractivity contribution >= 4 is 5.78 Å². The smallest absolute Gasteiger partial charge is 0.282 e. The lowest BCUT2D eigenvalue weighted by molar-refractivity contribution is -0.0888. The van der Waals surface area contributed by atoms with Crippen molar-refractivity contribution in [3.8, 4) is 5.69 Å². The largest absolute Gasteiger partial charge is 0.456 e. The quantitative estimate of drug-likeness (QED) is 0.625. The van der Waals surface area contributed by atoms with Gasteiger partial charge in [0.25, 0.3) is 5.78 Å². The molecule has 2 aromatic rings. The first-order valence-electron chi connectivity index (χ1n) is 4.79. The molecule has 9 heteroatoms. The van der Waals surface area contributed by atoms with Crippen LogP contribution in [0.25, 0.3) is 5.69 Å². The van der Waals surface area contributed by atoms with Gasteiger partial charge < -0.3 is 0 Å². The standard InChI is InChI=1S/C10H4F5N3O/c11-5-2-1-3-6(12)8(5)18-4-7(16-17-18)9(19)10(13,14)15/h1-4H. The third-order valence-corrected chi connectivity index (χ3v) is 2.15. The molecule has 2 rings (SSSR count). The maximum atomic E-state index is 13.3.